The predicted molar refractivity (Wildman–Crippen MR) is 21.8 cm³/mol. The molecule has 0 amide bonds. The Bertz CT molecular complexity index is 125. The van der Waals surface area contributed by atoms with Gasteiger partial charge in [-0.3, -0.25) is 4.85 Å². The van der Waals surface area contributed by atoms with Crippen LogP contribution in [-0.4, -0.2) is 6.17 Å². The lowest BCUT2D eigenvalue weighted by molar-refractivity contribution is 1.02. The van der Waals surface area contributed by atoms with Crippen molar-refractivity contribution in [3.05, 3.63) is 16.3 Å². The van der Waals surface area contributed by atoms with Gasteiger partial charge in [-0.05, 0) is 0 Å². The standard InChI is InChI=1S/C3HN3O/c1-5-3(2-4)6-7/h3H. The lowest BCUT2D eigenvalue weighted by atomic mass is 10.6. The number of nitroso groups, excluding NO2 is 1. The number of hydrogen-bond donors (Lipinski definition) is 0. The average molecular weight is 95.1 g/mol. The Kier molecular flexibility index (Phi) is 2.23. The van der Waals surface area contributed by atoms with Gasteiger partial charge in [0.05, 0.1) is 0 Å². The first-order chi connectivity index (χ1) is 3.35. The molecule has 0 saturated heterocycles. The fourth-order valence-corrected chi connectivity index (χ4v) is 0.0760. The van der Waals surface area contributed by atoms with Gasteiger partial charge in [-0.15, -0.1) is 4.91 Å². The van der Waals surface area contributed by atoms with E-state index >= 15 is 0 Å². The zero-order chi connectivity index (χ0) is 5.70. The summed E-state index contributed by atoms with van der Waals surface area (Å²) in [5.74, 6) is 0. The van der Waals surface area contributed by atoms with Crippen molar-refractivity contribution in [1.29, 1.82) is 5.26 Å². The molecule has 0 aromatic rings. The van der Waals surface area contributed by atoms with Gasteiger partial charge >= 0.3 is 6.17 Å². The van der Waals surface area contributed by atoms with Gasteiger partial charge in [0.25, 0.3) is 0 Å². The SMILES string of the molecule is [C-]#[N+]C(C#N)N=O. The van der Waals surface area contributed by atoms with Crippen molar-refractivity contribution in [3.8, 4) is 6.07 Å². The maximum Gasteiger partial charge on any atom is 0.435 e. The molecule has 1 unspecified atom stereocenters. The average Bonchev–Trinajstić information content (AvgIpc) is 1.72. The first kappa shape index (κ1) is 5.58. The molecule has 0 heterocycles. The monoisotopic (exact) mass is 95.0 g/mol. The van der Waals surface area contributed by atoms with Gasteiger partial charge < -0.3 is 0 Å². The van der Waals surface area contributed by atoms with E-state index in [2.05, 4.69) is 10.0 Å². The van der Waals surface area contributed by atoms with Crippen LogP contribution in [0.15, 0.2) is 5.18 Å². The highest BCUT2D eigenvalue weighted by Gasteiger charge is 2.05. The summed E-state index contributed by atoms with van der Waals surface area (Å²) in [6, 6.07) is 1.37. The molecule has 0 aromatic carbocycles. The maximum absolute atomic E-state index is 9.28. The maximum atomic E-state index is 9.28. The molecule has 0 radical (unpaired) electrons. The zero-order valence-electron chi connectivity index (χ0n) is 3.33. The van der Waals surface area contributed by atoms with E-state index in [-0.39, 0.29) is 0 Å². The van der Waals surface area contributed by atoms with E-state index in [4.69, 9.17) is 11.8 Å². The van der Waals surface area contributed by atoms with Crippen LogP contribution in [0.1, 0.15) is 0 Å². The van der Waals surface area contributed by atoms with Crippen LogP contribution < -0.4 is 0 Å². The summed E-state index contributed by atoms with van der Waals surface area (Å²) in [7, 11) is 0. The molecular weight excluding hydrogens is 94.1 g/mol. The highest BCUT2D eigenvalue weighted by atomic mass is 16.3. The second-order valence-corrected chi connectivity index (χ2v) is 0.737. The summed E-state index contributed by atoms with van der Waals surface area (Å²) in [4.78, 5) is 11.8. The van der Waals surface area contributed by atoms with Gasteiger partial charge in [-0.2, -0.15) is 5.26 Å². The van der Waals surface area contributed by atoms with E-state index in [9.17, 15) is 4.91 Å². The quantitative estimate of drug-likeness (QED) is 0.352. The number of rotatable bonds is 1. The molecule has 7 heavy (non-hydrogen) atoms. The van der Waals surface area contributed by atoms with Gasteiger partial charge in [0.1, 0.15) is 0 Å². The first-order valence-electron chi connectivity index (χ1n) is 1.43. The van der Waals surface area contributed by atoms with Gasteiger partial charge in [-0.1, -0.05) is 0 Å². The summed E-state index contributed by atoms with van der Waals surface area (Å²) in [5.41, 5.74) is 0. The van der Waals surface area contributed by atoms with Crippen LogP contribution >= 0.6 is 0 Å². The van der Waals surface area contributed by atoms with Crippen molar-refractivity contribution < 1.29 is 0 Å². The molecule has 0 bridgehead atoms. The summed E-state index contributed by atoms with van der Waals surface area (Å²) in [6.45, 7) is 6.07. The fourth-order valence-electron chi connectivity index (χ4n) is 0.0760. The first-order valence-corrected chi connectivity index (χ1v) is 1.43. The molecule has 0 N–H and O–H groups in total. The number of nitrogens with zero attached hydrogens (tertiary/aromatic N) is 3. The molecule has 0 aliphatic rings. The minimum absolute atomic E-state index is 1.35. The Hall–Kier alpha value is -1.42. The third-order valence-electron chi connectivity index (χ3n) is 0.338. The Morgan fingerprint density at radius 3 is 2.57 bits per heavy atom. The molecule has 0 rings (SSSR count). The molecule has 0 spiro atoms. The molecule has 0 saturated carbocycles. The molecular formula is C3HN3O. The Morgan fingerprint density at radius 2 is 2.57 bits per heavy atom. The van der Waals surface area contributed by atoms with Crippen LogP contribution in [-0.2, 0) is 0 Å². The molecule has 1 atom stereocenters. The van der Waals surface area contributed by atoms with Crippen LogP contribution in [0.3, 0.4) is 0 Å². The van der Waals surface area contributed by atoms with Gasteiger partial charge in [0, 0.05) is 5.18 Å². The Morgan fingerprint density at radius 1 is 2.00 bits per heavy atom. The minimum atomic E-state index is -1.35. The molecule has 4 nitrogen and oxygen atoms in total. The summed E-state index contributed by atoms with van der Waals surface area (Å²) in [5, 5.41) is 9.93. The van der Waals surface area contributed by atoms with Gasteiger partial charge in [0.15, 0.2) is 6.07 Å². The molecule has 4 heteroatoms. The van der Waals surface area contributed by atoms with Crippen LogP contribution in [0.25, 0.3) is 4.85 Å². The topological polar surface area (TPSA) is 57.6 Å². The molecule has 0 fully saturated rings. The molecule has 34 valence electrons. The van der Waals surface area contributed by atoms with Gasteiger partial charge in [-0.25, -0.2) is 6.57 Å². The lowest BCUT2D eigenvalue weighted by Crippen LogP contribution is -1.86. The highest BCUT2D eigenvalue weighted by Crippen LogP contribution is 1.85. The van der Waals surface area contributed by atoms with Crippen LogP contribution in [0, 0.1) is 22.8 Å². The summed E-state index contributed by atoms with van der Waals surface area (Å²) in [6.07, 6.45) is -1.35. The van der Waals surface area contributed by atoms with Crippen molar-refractivity contribution in [2.45, 2.75) is 6.17 Å². The van der Waals surface area contributed by atoms with Crippen LogP contribution in [0.5, 0.6) is 0 Å². The summed E-state index contributed by atoms with van der Waals surface area (Å²) >= 11 is 0. The number of nitriles is 1. The second-order valence-electron chi connectivity index (χ2n) is 0.737. The van der Waals surface area contributed by atoms with Crippen molar-refractivity contribution >= 4 is 0 Å². The third kappa shape index (κ3) is 1.45. The summed E-state index contributed by atoms with van der Waals surface area (Å²) < 4.78 is 0. The predicted octanol–water partition coefficient (Wildman–Crippen LogP) is 0.522. The Balaban J connectivity index is 3.73. The van der Waals surface area contributed by atoms with E-state index in [1.165, 1.54) is 6.07 Å². The van der Waals surface area contributed by atoms with Crippen molar-refractivity contribution in [3.63, 3.8) is 0 Å². The Labute approximate surface area is 40.2 Å². The van der Waals surface area contributed by atoms with Crippen molar-refractivity contribution in [2.75, 3.05) is 0 Å². The van der Waals surface area contributed by atoms with E-state index in [0.717, 1.165) is 0 Å². The van der Waals surface area contributed by atoms with E-state index in [1.807, 2.05) is 0 Å². The second kappa shape index (κ2) is 2.80. The van der Waals surface area contributed by atoms with E-state index in [1.54, 1.807) is 0 Å². The van der Waals surface area contributed by atoms with E-state index in [0.29, 0.717) is 0 Å². The fraction of sp³-hybridized carbons (Fsp3) is 0.333. The highest BCUT2D eigenvalue weighted by molar-refractivity contribution is 4.95. The zero-order valence-corrected chi connectivity index (χ0v) is 3.33. The third-order valence-corrected chi connectivity index (χ3v) is 0.338. The van der Waals surface area contributed by atoms with Crippen molar-refractivity contribution in [1.82, 2.24) is 0 Å². The lowest BCUT2D eigenvalue weighted by Gasteiger charge is -1.70. The largest absolute Gasteiger partial charge is 0.435 e. The van der Waals surface area contributed by atoms with E-state index < -0.39 is 6.17 Å². The van der Waals surface area contributed by atoms with Crippen LogP contribution in [0.2, 0.25) is 0 Å². The normalized spacial score (nSPS) is 10.6. The van der Waals surface area contributed by atoms with Crippen LogP contribution in [0.4, 0.5) is 0 Å². The molecule has 0 aliphatic carbocycles. The number of hydrogen-bond acceptors (Lipinski definition) is 3. The minimum Gasteiger partial charge on any atom is -0.269 e. The van der Waals surface area contributed by atoms with Gasteiger partial charge in [0.2, 0.25) is 0 Å². The molecule has 0 aromatic heterocycles. The van der Waals surface area contributed by atoms with Crippen molar-refractivity contribution in [2.24, 2.45) is 5.18 Å². The molecule has 0 aliphatic heterocycles. The smallest absolute Gasteiger partial charge is 0.269 e.